The summed E-state index contributed by atoms with van der Waals surface area (Å²) in [6.45, 7) is 0.576. The van der Waals surface area contributed by atoms with Crippen LogP contribution in [-0.4, -0.2) is 6.54 Å². The van der Waals surface area contributed by atoms with E-state index in [2.05, 4.69) is 0 Å². The number of benzene rings is 2. The highest BCUT2D eigenvalue weighted by molar-refractivity contribution is 6.30. The van der Waals surface area contributed by atoms with Crippen LogP contribution in [0.3, 0.4) is 0 Å². The molecular weight excluding hydrogens is 237 g/mol. The van der Waals surface area contributed by atoms with Crippen molar-refractivity contribution in [2.75, 3.05) is 6.54 Å². The summed E-state index contributed by atoms with van der Waals surface area (Å²) < 4.78 is 13.4. The van der Waals surface area contributed by atoms with Crippen LogP contribution >= 0.6 is 11.6 Å². The van der Waals surface area contributed by atoms with Crippen molar-refractivity contribution in [1.82, 2.24) is 0 Å². The fraction of sp³-hybridized carbons (Fsp3) is 0.143. The lowest BCUT2D eigenvalue weighted by Crippen LogP contribution is -2.03. The summed E-state index contributed by atoms with van der Waals surface area (Å²) in [5, 5.41) is 0.144. The summed E-state index contributed by atoms with van der Waals surface area (Å²) in [6, 6.07) is 12.7. The van der Waals surface area contributed by atoms with Gasteiger partial charge in [-0.3, -0.25) is 0 Å². The number of hydrogen-bond acceptors (Lipinski definition) is 1. The zero-order chi connectivity index (χ0) is 12.3. The molecule has 0 aliphatic rings. The smallest absolute Gasteiger partial charge is 0.142 e. The highest BCUT2D eigenvalue weighted by atomic mass is 35.5. The van der Waals surface area contributed by atoms with Gasteiger partial charge >= 0.3 is 0 Å². The van der Waals surface area contributed by atoms with Gasteiger partial charge in [-0.15, -0.1) is 0 Å². The molecule has 2 rings (SSSR count). The van der Waals surface area contributed by atoms with Crippen LogP contribution in [0.2, 0.25) is 5.02 Å². The fourth-order valence-corrected chi connectivity index (χ4v) is 1.96. The minimum Gasteiger partial charge on any atom is -0.330 e. The molecule has 3 heteroatoms. The maximum absolute atomic E-state index is 13.4. The molecule has 1 nitrogen and oxygen atoms in total. The van der Waals surface area contributed by atoms with Crippen LogP contribution in [0.1, 0.15) is 5.56 Å². The Bertz CT molecular complexity index is 525. The molecule has 0 aliphatic heterocycles. The van der Waals surface area contributed by atoms with Crippen molar-refractivity contribution in [1.29, 1.82) is 0 Å². The Hall–Kier alpha value is -1.38. The molecule has 0 aromatic heterocycles. The van der Waals surface area contributed by atoms with Gasteiger partial charge in [0.05, 0.1) is 5.02 Å². The number of hydrogen-bond donors (Lipinski definition) is 1. The van der Waals surface area contributed by atoms with E-state index in [9.17, 15) is 4.39 Å². The first-order chi connectivity index (χ1) is 8.22. The third-order valence-corrected chi connectivity index (χ3v) is 2.97. The molecule has 2 N–H and O–H groups in total. The van der Waals surface area contributed by atoms with E-state index in [1.165, 1.54) is 6.07 Å². The second kappa shape index (κ2) is 5.30. The van der Waals surface area contributed by atoms with E-state index in [1.807, 2.05) is 30.3 Å². The molecular formula is C14H13ClFN. The van der Waals surface area contributed by atoms with E-state index in [0.29, 0.717) is 6.54 Å². The molecule has 88 valence electrons. The summed E-state index contributed by atoms with van der Waals surface area (Å²) in [4.78, 5) is 0. The van der Waals surface area contributed by atoms with Gasteiger partial charge in [-0.05, 0) is 41.8 Å². The molecule has 0 atom stereocenters. The Morgan fingerprint density at radius 3 is 2.59 bits per heavy atom. The summed E-state index contributed by atoms with van der Waals surface area (Å²) in [5.74, 6) is -0.397. The molecule has 0 amide bonds. The Labute approximate surface area is 105 Å². The Morgan fingerprint density at radius 1 is 1.12 bits per heavy atom. The molecule has 0 saturated heterocycles. The topological polar surface area (TPSA) is 26.0 Å². The second-order valence-electron chi connectivity index (χ2n) is 3.82. The number of rotatable bonds is 3. The van der Waals surface area contributed by atoms with Gasteiger partial charge in [-0.25, -0.2) is 4.39 Å². The van der Waals surface area contributed by atoms with Gasteiger partial charge in [-0.2, -0.15) is 0 Å². The molecule has 0 fully saturated rings. The normalized spacial score (nSPS) is 10.5. The first kappa shape index (κ1) is 12.1. The van der Waals surface area contributed by atoms with Crippen molar-refractivity contribution >= 4 is 11.6 Å². The molecule has 2 aromatic carbocycles. The van der Waals surface area contributed by atoms with Crippen molar-refractivity contribution in [3.05, 3.63) is 58.9 Å². The lowest BCUT2D eigenvalue weighted by Gasteiger charge is -2.09. The molecule has 2 aromatic rings. The van der Waals surface area contributed by atoms with Crippen LogP contribution in [0.4, 0.5) is 4.39 Å². The molecule has 0 aliphatic carbocycles. The van der Waals surface area contributed by atoms with E-state index in [-0.39, 0.29) is 5.02 Å². The maximum Gasteiger partial charge on any atom is 0.142 e. The second-order valence-corrected chi connectivity index (χ2v) is 4.23. The minimum atomic E-state index is -0.397. The van der Waals surface area contributed by atoms with Gasteiger partial charge < -0.3 is 5.73 Å². The lowest BCUT2D eigenvalue weighted by atomic mass is 9.98. The average Bonchev–Trinajstić information content (AvgIpc) is 2.34. The Kier molecular flexibility index (Phi) is 3.77. The van der Waals surface area contributed by atoms with Crippen LogP contribution in [0, 0.1) is 5.82 Å². The zero-order valence-electron chi connectivity index (χ0n) is 9.29. The highest BCUT2D eigenvalue weighted by Gasteiger charge is 2.06. The summed E-state index contributed by atoms with van der Waals surface area (Å²) in [5.41, 5.74) is 8.53. The van der Waals surface area contributed by atoms with Gasteiger partial charge in [0.25, 0.3) is 0 Å². The molecule has 0 heterocycles. The van der Waals surface area contributed by atoms with Crippen molar-refractivity contribution in [3.8, 4) is 11.1 Å². The predicted molar refractivity (Wildman–Crippen MR) is 69.6 cm³/mol. The molecule has 0 bridgehead atoms. The van der Waals surface area contributed by atoms with E-state index in [0.717, 1.165) is 23.1 Å². The van der Waals surface area contributed by atoms with Crippen molar-refractivity contribution in [2.45, 2.75) is 6.42 Å². The molecule has 0 saturated carbocycles. The van der Waals surface area contributed by atoms with E-state index in [1.54, 1.807) is 6.07 Å². The predicted octanol–water partition coefficient (Wildman–Crippen LogP) is 3.65. The summed E-state index contributed by atoms with van der Waals surface area (Å²) in [7, 11) is 0. The van der Waals surface area contributed by atoms with Gasteiger partial charge in [0.2, 0.25) is 0 Å². The minimum absolute atomic E-state index is 0.144. The van der Waals surface area contributed by atoms with Crippen LogP contribution in [0.15, 0.2) is 42.5 Å². The SMILES string of the molecule is NCCc1ccccc1-c1ccc(Cl)c(F)c1. The fourth-order valence-electron chi connectivity index (χ4n) is 1.84. The average molecular weight is 250 g/mol. The van der Waals surface area contributed by atoms with E-state index >= 15 is 0 Å². The largest absolute Gasteiger partial charge is 0.330 e. The standard InChI is InChI=1S/C14H13ClFN/c15-13-6-5-11(9-14(13)16)12-4-2-1-3-10(12)7-8-17/h1-6,9H,7-8,17H2. The monoisotopic (exact) mass is 249 g/mol. The van der Waals surface area contributed by atoms with Crippen LogP contribution < -0.4 is 5.73 Å². The maximum atomic E-state index is 13.4. The quantitative estimate of drug-likeness (QED) is 0.883. The number of halogens is 2. The first-order valence-electron chi connectivity index (χ1n) is 5.46. The zero-order valence-corrected chi connectivity index (χ0v) is 10.0. The van der Waals surface area contributed by atoms with Gasteiger partial charge in [0.1, 0.15) is 5.82 Å². The van der Waals surface area contributed by atoms with E-state index < -0.39 is 5.82 Å². The lowest BCUT2D eigenvalue weighted by molar-refractivity contribution is 0.629. The molecule has 0 spiro atoms. The Balaban J connectivity index is 2.48. The summed E-state index contributed by atoms with van der Waals surface area (Å²) >= 11 is 5.67. The molecule has 0 radical (unpaired) electrons. The number of nitrogens with two attached hydrogens (primary N) is 1. The van der Waals surface area contributed by atoms with E-state index in [4.69, 9.17) is 17.3 Å². The van der Waals surface area contributed by atoms with Crippen molar-refractivity contribution < 1.29 is 4.39 Å². The highest BCUT2D eigenvalue weighted by Crippen LogP contribution is 2.27. The molecule has 0 unspecified atom stereocenters. The van der Waals surface area contributed by atoms with Gasteiger partial charge in [0.15, 0.2) is 0 Å². The summed E-state index contributed by atoms with van der Waals surface area (Å²) in [6.07, 6.45) is 0.778. The first-order valence-corrected chi connectivity index (χ1v) is 5.83. The van der Waals surface area contributed by atoms with Crippen molar-refractivity contribution in [2.24, 2.45) is 5.73 Å². The third kappa shape index (κ3) is 2.65. The van der Waals surface area contributed by atoms with Crippen LogP contribution in [0.25, 0.3) is 11.1 Å². The molecule has 17 heavy (non-hydrogen) atoms. The van der Waals surface area contributed by atoms with Gasteiger partial charge in [-0.1, -0.05) is 41.9 Å². The van der Waals surface area contributed by atoms with Gasteiger partial charge in [0, 0.05) is 0 Å². The van der Waals surface area contributed by atoms with Crippen LogP contribution in [-0.2, 0) is 6.42 Å². The Morgan fingerprint density at radius 2 is 1.88 bits per heavy atom. The third-order valence-electron chi connectivity index (χ3n) is 2.66. The van der Waals surface area contributed by atoms with Crippen molar-refractivity contribution in [3.63, 3.8) is 0 Å². The van der Waals surface area contributed by atoms with Crippen LogP contribution in [0.5, 0.6) is 0 Å².